The molecule has 0 aromatic carbocycles. The number of rotatable bonds is 2. The Labute approximate surface area is 110 Å². The number of nitrogens with zero attached hydrogens (tertiary/aromatic N) is 2. The number of pyridine rings is 1. The average molecular weight is 300 g/mol. The summed E-state index contributed by atoms with van der Waals surface area (Å²) in [5, 5.41) is 0. The highest BCUT2D eigenvalue weighted by Crippen LogP contribution is 2.28. The molecule has 0 spiro atoms. The lowest BCUT2D eigenvalue weighted by molar-refractivity contribution is 0.0273. The van der Waals surface area contributed by atoms with Crippen LogP contribution in [0.3, 0.4) is 0 Å². The summed E-state index contributed by atoms with van der Waals surface area (Å²) >= 11 is 3.60. The van der Waals surface area contributed by atoms with Gasteiger partial charge >= 0.3 is 0 Å². The van der Waals surface area contributed by atoms with Gasteiger partial charge in [0.1, 0.15) is 5.82 Å². The van der Waals surface area contributed by atoms with Crippen molar-refractivity contribution in [3.8, 4) is 0 Å². The van der Waals surface area contributed by atoms with E-state index in [0.29, 0.717) is 6.61 Å². The first-order valence-electron chi connectivity index (χ1n) is 5.83. The van der Waals surface area contributed by atoms with Gasteiger partial charge < -0.3 is 15.4 Å². The molecule has 0 aliphatic carbocycles. The van der Waals surface area contributed by atoms with Crippen molar-refractivity contribution in [3.63, 3.8) is 0 Å². The van der Waals surface area contributed by atoms with Crippen molar-refractivity contribution >= 4 is 21.7 Å². The fourth-order valence-corrected chi connectivity index (χ4v) is 2.42. The Morgan fingerprint density at radius 1 is 1.65 bits per heavy atom. The zero-order valence-electron chi connectivity index (χ0n) is 10.2. The molecule has 17 heavy (non-hydrogen) atoms. The van der Waals surface area contributed by atoms with Crippen LogP contribution in [0.5, 0.6) is 0 Å². The van der Waals surface area contributed by atoms with Crippen molar-refractivity contribution < 1.29 is 4.74 Å². The molecular weight excluding hydrogens is 282 g/mol. The minimum absolute atomic E-state index is 0.0429. The number of ether oxygens (including phenoxy) is 1. The molecule has 1 aromatic heterocycles. The predicted octanol–water partition coefficient (Wildman–Crippen LogP) is 1.70. The Morgan fingerprint density at radius 2 is 2.41 bits per heavy atom. The van der Waals surface area contributed by atoms with Gasteiger partial charge in [-0.25, -0.2) is 4.98 Å². The third-order valence-corrected chi connectivity index (χ3v) is 4.02. The molecule has 1 aliphatic heterocycles. The lowest BCUT2D eigenvalue weighted by Gasteiger charge is -2.36. The number of aromatic nitrogens is 1. The summed E-state index contributed by atoms with van der Waals surface area (Å²) in [6.07, 6.45) is 1.92. The molecule has 2 atom stereocenters. The van der Waals surface area contributed by atoms with Crippen molar-refractivity contribution in [1.29, 1.82) is 0 Å². The predicted molar refractivity (Wildman–Crippen MR) is 72.3 cm³/mol. The van der Waals surface area contributed by atoms with Crippen molar-refractivity contribution in [2.75, 3.05) is 24.6 Å². The van der Waals surface area contributed by atoms with E-state index in [1.165, 1.54) is 5.56 Å². The van der Waals surface area contributed by atoms with Crippen LogP contribution in [0.15, 0.2) is 16.7 Å². The number of hydrogen-bond acceptors (Lipinski definition) is 4. The van der Waals surface area contributed by atoms with Crippen LogP contribution in [0, 0.1) is 6.92 Å². The van der Waals surface area contributed by atoms with Gasteiger partial charge in [0, 0.05) is 25.3 Å². The molecule has 0 radical (unpaired) electrons. The molecule has 2 unspecified atom stereocenters. The number of halogens is 1. The minimum atomic E-state index is 0.0429. The highest BCUT2D eigenvalue weighted by Gasteiger charge is 2.25. The van der Waals surface area contributed by atoms with E-state index in [4.69, 9.17) is 10.5 Å². The van der Waals surface area contributed by atoms with Gasteiger partial charge in [-0.05, 0) is 41.4 Å². The number of nitrogens with two attached hydrogens (primary N) is 1. The van der Waals surface area contributed by atoms with Crippen molar-refractivity contribution in [3.05, 3.63) is 22.3 Å². The van der Waals surface area contributed by atoms with E-state index in [9.17, 15) is 0 Å². The number of morpholine rings is 1. The molecule has 0 bridgehead atoms. The third-order valence-electron chi connectivity index (χ3n) is 3.04. The quantitative estimate of drug-likeness (QED) is 0.903. The van der Waals surface area contributed by atoms with Crippen molar-refractivity contribution in [1.82, 2.24) is 4.98 Å². The molecule has 0 amide bonds. The second kappa shape index (κ2) is 5.33. The molecule has 2 N–H and O–H groups in total. The first kappa shape index (κ1) is 12.8. The van der Waals surface area contributed by atoms with Crippen LogP contribution in [-0.4, -0.2) is 36.8 Å². The second-order valence-corrected chi connectivity index (χ2v) is 5.27. The molecule has 2 rings (SSSR count). The van der Waals surface area contributed by atoms with Crippen LogP contribution in [0.1, 0.15) is 12.5 Å². The summed E-state index contributed by atoms with van der Waals surface area (Å²) in [4.78, 5) is 6.67. The van der Waals surface area contributed by atoms with E-state index >= 15 is 0 Å². The molecule has 2 heterocycles. The van der Waals surface area contributed by atoms with E-state index in [0.717, 1.165) is 23.4 Å². The number of anilines is 1. The van der Waals surface area contributed by atoms with Gasteiger partial charge in [-0.2, -0.15) is 0 Å². The number of aryl methyl sites for hydroxylation is 1. The van der Waals surface area contributed by atoms with Gasteiger partial charge in [0.05, 0.1) is 17.2 Å². The Kier molecular flexibility index (Phi) is 4.01. The third kappa shape index (κ3) is 2.78. The fourth-order valence-electron chi connectivity index (χ4n) is 1.93. The van der Waals surface area contributed by atoms with Crippen LogP contribution >= 0.6 is 15.9 Å². The molecule has 1 fully saturated rings. The molecule has 94 valence electrons. The Hall–Kier alpha value is -0.650. The standard InChI is InChI=1S/C12H18BrN3O/c1-8-3-4-15-12(11(8)13)16-5-6-17-10(7-16)9(2)14/h3-4,9-10H,5-7,14H2,1-2H3. The summed E-state index contributed by atoms with van der Waals surface area (Å²) in [5.74, 6) is 0.985. The average Bonchev–Trinajstić information content (AvgIpc) is 2.33. The maximum Gasteiger partial charge on any atom is 0.143 e. The zero-order chi connectivity index (χ0) is 12.4. The molecule has 4 nitrogen and oxygen atoms in total. The SMILES string of the molecule is Cc1ccnc(N2CCOC(C(C)N)C2)c1Br. The first-order chi connectivity index (χ1) is 8.09. The molecule has 1 aromatic rings. The Bertz CT molecular complexity index is 397. The van der Waals surface area contributed by atoms with Crippen LogP contribution in [0.2, 0.25) is 0 Å². The molecule has 1 aliphatic rings. The van der Waals surface area contributed by atoms with Gasteiger partial charge in [-0.3, -0.25) is 0 Å². The highest BCUT2D eigenvalue weighted by molar-refractivity contribution is 9.10. The summed E-state index contributed by atoms with van der Waals surface area (Å²) in [5.41, 5.74) is 7.08. The summed E-state index contributed by atoms with van der Waals surface area (Å²) in [7, 11) is 0. The molecular formula is C12H18BrN3O. The summed E-state index contributed by atoms with van der Waals surface area (Å²) in [6.45, 7) is 6.41. The van der Waals surface area contributed by atoms with Crippen molar-refractivity contribution in [2.45, 2.75) is 26.0 Å². The second-order valence-electron chi connectivity index (χ2n) is 4.48. The van der Waals surface area contributed by atoms with E-state index in [1.807, 2.05) is 19.2 Å². The number of hydrogen-bond donors (Lipinski definition) is 1. The van der Waals surface area contributed by atoms with E-state index in [1.54, 1.807) is 0 Å². The van der Waals surface area contributed by atoms with Gasteiger partial charge in [-0.15, -0.1) is 0 Å². The van der Waals surface area contributed by atoms with Gasteiger partial charge in [0.2, 0.25) is 0 Å². The van der Waals surface area contributed by atoms with E-state index < -0.39 is 0 Å². The van der Waals surface area contributed by atoms with Crippen LogP contribution in [0.25, 0.3) is 0 Å². The first-order valence-corrected chi connectivity index (χ1v) is 6.62. The van der Waals surface area contributed by atoms with Gasteiger partial charge in [0.15, 0.2) is 0 Å². The lowest BCUT2D eigenvalue weighted by atomic mass is 10.1. The Balaban J connectivity index is 2.19. The minimum Gasteiger partial charge on any atom is -0.373 e. The fraction of sp³-hybridized carbons (Fsp3) is 0.583. The molecule has 1 saturated heterocycles. The maximum absolute atomic E-state index is 5.89. The van der Waals surface area contributed by atoms with E-state index in [2.05, 4.69) is 32.7 Å². The molecule has 0 saturated carbocycles. The monoisotopic (exact) mass is 299 g/mol. The van der Waals surface area contributed by atoms with Crippen LogP contribution in [-0.2, 0) is 4.74 Å². The topological polar surface area (TPSA) is 51.4 Å². The smallest absolute Gasteiger partial charge is 0.143 e. The van der Waals surface area contributed by atoms with Gasteiger partial charge in [0.25, 0.3) is 0 Å². The van der Waals surface area contributed by atoms with Crippen LogP contribution < -0.4 is 10.6 Å². The zero-order valence-corrected chi connectivity index (χ0v) is 11.8. The lowest BCUT2D eigenvalue weighted by Crippen LogP contribution is -2.50. The van der Waals surface area contributed by atoms with Gasteiger partial charge in [-0.1, -0.05) is 0 Å². The normalized spacial score (nSPS) is 22.6. The largest absolute Gasteiger partial charge is 0.373 e. The summed E-state index contributed by atoms with van der Waals surface area (Å²) in [6, 6.07) is 2.04. The van der Waals surface area contributed by atoms with Crippen molar-refractivity contribution in [2.24, 2.45) is 5.73 Å². The Morgan fingerprint density at radius 3 is 3.12 bits per heavy atom. The van der Waals surface area contributed by atoms with E-state index in [-0.39, 0.29) is 12.1 Å². The highest BCUT2D eigenvalue weighted by atomic mass is 79.9. The maximum atomic E-state index is 5.89. The molecule has 5 heteroatoms. The van der Waals surface area contributed by atoms with Crippen LogP contribution in [0.4, 0.5) is 5.82 Å². The summed E-state index contributed by atoms with van der Waals surface area (Å²) < 4.78 is 6.71.